The summed E-state index contributed by atoms with van der Waals surface area (Å²) in [7, 11) is 0. The Kier molecular flexibility index (Phi) is 9.79. The van der Waals surface area contributed by atoms with Gasteiger partial charge in [0.1, 0.15) is 17.1 Å². The Hall–Kier alpha value is -1.75. The summed E-state index contributed by atoms with van der Waals surface area (Å²) in [6.45, 7) is 2.25. The van der Waals surface area contributed by atoms with E-state index in [1.165, 1.54) is 70.3 Å². The highest BCUT2D eigenvalue weighted by Gasteiger charge is 2.39. The zero-order valence-electron chi connectivity index (χ0n) is 17.9. The van der Waals surface area contributed by atoms with Gasteiger partial charge in [0.05, 0.1) is 0 Å². The summed E-state index contributed by atoms with van der Waals surface area (Å²) in [5.41, 5.74) is 0.466. The third kappa shape index (κ3) is 7.88. The lowest BCUT2D eigenvalue weighted by molar-refractivity contribution is -0.174. The molecule has 1 aliphatic rings. The van der Waals surface area contributed by atoms with E-state index in [4.69, 9.17) is 4.74 Å². The molecule has 1 aliphatic heterocycles. The average Bonchev–Trinajstić information content (AvgIpc) is 2.64. The number of carbonyl (C=O) groups excluding carboxylic acids is 1. The fraction of sp³-hybridized carbons (Fsp3) is 0.708. The van der Waals surface area contributed by atoms with Gasteiger partial charge in [-0.15, -0.1) is 0 Å². The van der Waals surface area contributed by atoms with Crippen LogP contribution >= 0.6 is 0 Å². The Labute approximate surface area is 175 Å². The smallest absolute Gasteiger partial charge is 0.344 e. The van der Waals surface area contributed by atoms with Gasteiger partial charge in [-0.25, -0.2) is 4.79 Å². The van der Waals surface area contributed by atoms with Crippen molar-refractivity contribution in [1.82, 2.24) is 0 Å². The lowest BCUT2D eigenvalue weighted by atomic mass is 9.92. The number of phenols is 2. The predicted octanol–water partition coefficient (Wildman–Crippen LogP) is 5.98. The van der Waals surface area contributed by atoms with Gasteiger partial charge < -0.3 is 20.1 Å². The number of hydrogen-bond acceptors (Lipinski definition) is 5. The Morgan fingerprint density at radius 1 is 0.862 bits per heavy atom. The van der Waals surface area contributed by atoms with Gasteiger partial charge in [0.15, 0.2) is 0 Å². The molecule has 1 atom stereocenters. The first-order chi connectivity index (χ1) is 13.9. The van der Waals surface area contributed by atoms with E-state index in [2.05, 4.69) is 6.92 Å². The standard InChI is InChI=1S/C24H38O5/c1-2-3-4-5-6-7-8-9-10-11-12-13-14-15-24(28)18-19-16-20(25)17-21(26)22(19)23(27)29-24/h16-17,25-26,28H,2-15,18H2,1H3. The van der Waals surface area contributed by atoms with Crippen LogP contribution in [0.25, 0.3) is 0 Å². The maximum atomic E-state index is 12.1. The van der Waals surface area contributed by atoms with E-state index in [1.54, 1.807) is 0 Å². The van der Waals surface area contributed by atoms with E-state index in [-0.39, 0.29) is 23.5 Å². The van der Waals surface area contributed by atoms with Crippen molar-refractivity contribution >= 4 is 5.97 Å². The molecule has 0 saturated heterocycles. The second-order valence-electron chi connectivity index (χ2n) is 8.50. The minimum atomic E-state index is -1.55. The third-order valence-corrected chi connectivity index (χ3v) is 5.81. The van der Waals surface area contributed by atoms with E-state index in [9.17, 15) is 20.1 Å². The Morgan fingerprint density at radius 3 is 1.93 bits per heavy atom. The van der Waals surface area contributed by atoms with Crippen molar-refractivity contribution in [1.29, 1.82) is 0 Å². The van der Waals surface area contributed by atoms with Crippen LogP contribution in [0.5, 0.6) is 11.5 Å². The van der Waals surface area contributed by atoms with Crippen LogP contribution in [0.3, 0.4) is 0 Å². The normalized spacial score (nSPS) is 18.5. The molecule has 1 unspecified atom stereocenters. The molecule has 0 amide bonds. The Balaban J connectivity index is 1.57. The second-order valence-corrected chi connectivity index (χ2v) is 8.50. The van der Waals surface area contributed by atoms with Crippen molar-refractivity contribution in [3.05, 3.63) is 23.3 Å². The number of ether oxygens (including phenoxy) is 1. The van der Waals surface area contributed by atoms with Crippen LogP contribution in [0, 0.1) is 0 Å². The zero-order valence-corrected chi connectivity index (χ0v) is 17.9. The van der Waals surface area contributed by atoms with Gasteiger partial charge in [-0.2, -0.15) is 0 Å². The van der Waals surface area contributed by atoms with Gasteiger partial charge in [-0.3, -0.25) is 0 Å². The first-order valence-electron chi connectivity index (χ1n) is 11.5. The highest BCUT2D eigenvalue weighted by Crippen LogP contribution is 2.37. The van der Waals surface area contributed by atoms with Crippen LogP contribution in [0.1, 0.15) is 113 Å². The summed E-state index contributed by atoms with van der Waals surface area (Å²) in [6, 6.07) is 2.52. The maximum Gasteiger partial charge on any atom is 0.344 e. The van der Waals surface area contributed by atoms with Crippen LogP contribution in [0.4, 0.5) is 0 Å². The van der Waals surface area contributed by atoms with Crippen LogP contribution in [0.15, 0.2) is 12.1 Å². The SMILES string of the molecule is CCCCCCCCCCCCCCCC1(O)Cc2cc(O)cc(O)c2C(=O)O1. The number of hydrogen-bond donors (Lipinski definition) is 3. The van der Waals surface area contributed by atoms with Crippen LogP contribution < -0.4 is 0 Å². The summed E-state index contributed by atoms with van der Waals surface area (Å²) in [5, 5.41) is 30.1. The topological polar surface area (TPSA) is 87.0 Å². The molecule has 1 heterocycles. The Bertz CT molecular complexity index is 642. The van der Waals surface area contributed by atoms with E-state index in [0.29, 0.717) is 12.0 Å². The molecule has 5 heteroatoms. The molecule has 0 aromatic heterocycles. The van der Waals surface area contributed by atoms with Gasteiger partial charge in [0, 0.05) is 18.9 Å². The average molecular weight is 407 g/mol. The number of cyclic esters (lactones) is 1. The molecule has 0 bridgehead atoms. The molecule has 0 fully saturated rings. The van der Waals surface area contributed by atoms with Gasteiger partial charge in [-0.1, -0.05) is 84.0 Å². The van der Waals surface area contributed by atoms with Gasteiger partial charge in [0.25, 0.3) is 0 Å². The van der Waals surface area contributed by atoms with E-state index >= 15 is 0 Å². The largest absolute Gasteiger partial charge is 0.508 e. The number of fused-ring (bicyclic) bond motifs is 1. The van der Waals surface area contributed by atoms with Gasteiger partial charge >= 0.3 is 5.97 Å². The fourth-order valence-corrected chi connectivity index (χ4v) is 4.16. The minimum Gasteiger partial charge on any atom is -0.508 e. The molecule has 3 N–H and O–H groups in total. The number of aliphatic hydroxyl groups is 1. The number of benzene rings is 1. The van der Waals surface area contributed by atoms with E-state index < -0.39 is 11.8 Å². The van der Waals surface area contributed by atoms with Gasteiger partial charge in [0.2, 0.25) is 5.79 Å². The maximum absolute atomic E-state index is 12.1. The zero-order chi connectivity index (χ0) is 21.1. The van der Waals surface area contributed by atoms with Crippen molar-refractivity contribution in [2.24, 2.45) is 0 Å². The number of esters is 1. The number of rotatable bonds is 14. The molecule has 0 aliphatic carbocycles. The molecule has 1 aromatic rings. The van der Waals surface area contributed by atoms with Crippen LogP contribution in [0.2, 0.25) is 0 Å². The minimum absolute atomic E-state index is 0.0397. The van der Waals surface area contributed by atoms with Crippen molar-refractivity contribution in [2.45, 2.75) is 109 Å². The Morgan fingerprint density at radius 2 is 1.38 bits per heavy atom. The molecule has 0 spiro atoms. The van der Waals surface area contributed by atoms with Gasteiger partial charge in [-0.05, 0) is 18.1 Å². The first kappa shape index (κ1) is 23.5. The number of unbranched alkanes of at least 4 members (excludes halogenated alkanes) is 12. The van der Waals surface area contributed by atoms with Crippen LogP contribution in [-0.4, -0.2) is 27.1 Å². The van der Waals surface area contributed by atoms with E-state index in [0.717, 1.165) is 25.3 Å². The molecule has 29 heavy (non-hydrogen) atoms. The molecule has 0 saturated carbocycles. The molecular weight excluding hydrogens is 368 g/mol. The number of phenolic OH excluding ortho intramolecular Hbond substituents is 2. The quantitative estimate of drug-likeness (QED) is 0.261. The number of carbonyl (C=O) groups is 1. The summed E-state index contributed by atoms with van der Waals surface area (Å²) >= 11 is 0. The molecule has 164 valence electrons. The fourth-order valence-electron chi connectivity index (χ4n) is 4.16. The lowest BCUT2D eigenvalue weighted by Gasteiger charge is -2.33. The van der Waals surface area contributed by atoms with Crippen LogP contribution in [-0.2, 0) is 11.2 Å². The van der Waals surface area contributed by atoms with E-state index in [1.807, 2.05) is 0 Å². The first-order valence-corrected chi connectivity index (χ1v) is 11.5. The summed E-state index contributed by atoms with van der Waals surface area (Å²) in [4.78, 5) is 12.1. The number of aromatic hydroxyl groups is 2. The molecule has 1 aromatic carbocycles. The molecule has 2 rings (SSSR count). The molecule has 0 radical (unpaired) electrons. The summed E-state index contributed by atoms with van der Waals surface area (Å²) < 4.78 is 5.20. The summed E-state index contributed by atoms with van der Waals surface area (Å²) in [5.74, 6) is -2.73. The molecule has 5 nitrogen and oxygen atoms in total. The lowest BCUT2D eigenvalue weighted by Crippen LogP contribution is -2.41. The monoisotopic (exact) mass is 406 g/mol. The molecular formula is C24H38O5. The van der Waals surface area contributed by atoms with Crippen molar-refractivity contribution in [2.75, 3.05) is 0 Å². The van der Waals surface area contributed by atoms with Crippen molar-refractivity contribution in [3.63, 3.8) is 0 Å². The summed E-state index contributed by atoms with van der Waals surface area (Å²) in [6.07, 6.45) is 16.6. The van der Waals surface area contributed by atoms with Crippen molar-refractivity contribution in [3.8, 4) is 11.5 Å². The van der Waals surface area contributed by atoms with Crippen molar-refractivity contribution < 1.29 is 24.9 Å². The highest BCUT2D eigenvalue weighted by molar-refractivity contribution is 5.95. The predicted molar refractivity (Wildman–Crippen MR) is 114 cm³/mol. The highest BCUT2D eigenvalue weighted by atomic mass is 16.7. The third-order valence-electron chi connectivity index (χ3n) is 5.81. The second kappa shape index (κ2) is 12.1.